The molecule has 0 atom stereocenters. The largest absolute Gasteiger partial charge is 0.495 e. The molecular formula is C20H21ClN4OS. The summed E-state index contributed by atoms with van der Waals surface area (Å²) >= 11 is 11.7. The molecule has 140 valence electrons. The van der Waals surface area contributed by atoms with Gasteiger partial charge in [0.25, 0.3) is 0 Å². The first kappa shape index (κ1) is 19.2. The molecule has 0 bridgehead atoms. The zero-order chi connectivity index (χ0) is 19.4. The minimum absolute atomic E-state index is 0.475. The molecule has 1 heterocycles. The molecule has 2 aromatic carbocycles. The van der Waals surface area contributed by atoms with Crippen LogP contribution >= 0.6 is 23.8 Å². The van der Waals surface area contributed by atoms with Gasteiger partial charge in [-0.3, -0.25) is 4.68 Å². The molecule has 0 unspecified atom stereocenters. The van der Waals surface area contributed by atoms with Gasteiger partial charge in [0.15, 0.2) is 5.11 Å². The van der Waals surface area contributed by atoms with Crippen molar-refractivity contribution in [1.82, 2.24) is 9.78 Å². The van der Waals surface area contributed by atoms with E-state index in [1.807, 2.05) is 67.1 Å². The molecule has 0 amide bonds. The Hall–Kier alpha value is -2.57. The summed E-state index contributed by atoms with van der Waals surface area (Å²) in [6.07, 6.45) is 0. The molecular weight excluding hydrogens is 380 g/mol. The summed E-state index contributed by atoms with van der Waals surface area (Å²) in [4.78, 5) is 0. The highest BCUT2D eigenvalue weighted by molar-refractivity contribution is 7.80. The second kappa shape index (κ2) is 8.41. The number of nitrogens with zero attached hydrogens (tertiary/aromatic N) is 2. The number of thiocarbonyl (C=S) groups is 1. The van der Waals surface area contributed by atoms with Crippen LogP contribution in [0.15, 0.2) is 48.5 Å². The minimum Gasteiger partial charge on any atom is -0.495 e. The number of nitrogens with one attached hydrogen (secondary N) is 2. The summed E-state index contributed by atoms with van der Waals surface area (Å²) in [5.41, 5.74) is 4.55. The van der Waals surface area contributed by atoms with Gasteiger partial charge < -0.3 is 15.4 Å². The maximum absolute atomic E-state index is 6.28. The van der Waals surface area contributed by atoms with E-state index >= 15 is 0 Å². The van der Waals surface area contributed by atoms with E-state index in [1.165, 1.54) is 0 Å². The van der Waals surface area contributed by atoms with Gasteiger partial charge in [0.2, 0.25) is 0 Å². The fraction of sp³-hybridized carbons (Fsp3) is 0.200. The first-order valence-electron chi connectivity index (χ1n) is 8.48. The molecule has 0 saturated carbocycles. The van der Waals surface area contributed by atoms with Crippen LogP contribution in [-0.4, -0.2) is 22.0 Å². The number of para-hydroxylation sites is 2. The van der Waals surface area contributed by atoms with Crippen molar-refractivity contribution in [2.75, 3.05) is 17.7 Å². The highest BCUT2D eigenvalue weighted by Gasteiger charge is 2.14. The summed E-state index contributed by atoms with van der Waals surface area (Å²) in [5.74, 6) is 0.726. The Balaban J connectivity index is 1.76. The smallest absolute Gasteiger partial charge is 0.175 e. The Morgan fingerprint density at radius 2 is 1.81 bits per heavy atom. The maximum atomic E-state index is 6.28. The molecule has 3 aromatic rings. The van der Waals surface area contributed by atoms with Crippen molar-refractivity contribution in [1.29, 1.82) is 0 Å². The lowest BCUT2D eigenvalue weighted by molar-refractivity contribution is 0.417. The van der Waals surface area contributed by atoms with E-state index in [9.17, 15) is 0 Å². The lowest BCUT2D eigenvalue weighted by Crippen LogP contribution is -2.20. The summed E-state index contributed by atoms with van der Waals surface area (Å²) in [7, 11) is 1.63. The highest BCUT2D eigenvalue weighted by Crippen LogP contribution is 2.25. The van der Waals surface area contributed by atoms with Gasteiger partial charge in [-0.25, -0.2) is 0 Å². The molecule has 7 heteroatoms. The zero-order valence-corrected chi connectivity index (χ0v) is 17.0. The Labute approximate surface area is 169 Å². The molecule has 0 aliphatic rings. The highest BCUT2D eigenvalue weighted by atomic mass is 35.5. The number of hydrogen-bond acceptors (Lipinski definition) is 3. The van der Waals surface area contributed by atoms with Crippen LogP contribution in [0.25, 0.3) is 0 Å². The average molecular weight is 401 g/mol. The van der Waals surface area contributed by atoms with Crippen LogP contribution in [0.3, 0.4) is 0 Å². The van der Waals surface area contributed by atoms with Gasteiger partial charge in [-0.2, -0.15) is 5.10 Å². The van der Waals surface area contributed by atoms with Crippen LogP contribution in [0.4, 0.5) is 11.4 Å². The van der Waals surface area contributed by atoms with Gasteiger partial charge in [0, 0.05) is 5.02 Å². The topological polar surface area (TPSA) is 51.1 Å². The fourth-order valence-electron chi connectivity index (χ4n) is 2.83. The normalized spacial score (nSPS) is 10.5. The maximum Gasteiger partial charge on any atom is 0.175 e. The van der Waals surface area contributed by atoms with E-state index < -0.39 is 0 Å². The first-order valence-corrected chi connectivity index (χ1v) is 9.26. The second-order valence-electron chi connectivity index (χ2n) is 6.07. The van der Waals surface area contributed by atoms with Crippen LogP contribution in [0.1, 0.15) is 17.0 Å². The summed E-state index contributed by atoms with van der Waals surface area (Å²) in [5, 5.41) is 12.2. The summed E-state index contributed by atoms with van der Waals surface area (Å²) in [6.45, 7) is 4.55. The van der Waals surface area contributed by atoms with Crippen LogP contribution in [0.5, 0.6) is 5.75 Å². The third-order valence-electron chi connectivity index (χ3n) is 4.25. The molecule has 0 aliphatic carbocycles. The van der Waals surface area contributed by atoms with E-state index in [4.69, 9.17) is 28.6 Å². The molecule has 3 rings (SSSR count). The monoisotopic (exact) mass is 400 g/mol. The lowest BCUT2D eigenvalue weighted by atomic mass is 10.2. The molecule has 0 aliphatic heterocycles. The van der Waals surface area contributed by atoms with Crippen LogP contribution in [0.2, 0.25) is 5.02 Å². The zero-order valence-electron chi connectivity index (χ0n) is 15.4. The number of methoxy groups -OCH3 is 1. The van der Waals surface area contributed by atoms with E-state index in [2.05, 4.69) is 15.7 Å². The van der Waals surface area contributed by atoms with Crippen molar-refractivity contribution in [2.45, 2.75) is 20.4 Å². The van der Waals surface area contributed by atoms with Gasteiger partial charge >= 0.3 is 0 Å². The Morgan fingerprint density at radius 3 is 2.56 bits per heavy atom. The number of aromatic nitrogens is 2. The van der Waals surface area contributed by atoms with Crippen LogP contribution in [-0.2, 0) is 6.54 Å². The van der Waals surface area contributed by atoms with Gasteiger partial charge in [-0.05, 0) is 49.8 Å². The third kappa shape index (κ3) is 4.40. The number of anilines is 2. The number of hydrogen-bond donors (Lipinski definition) is 2. The fourth-order valence-corrected chi connectivity index (χ4v) is 3.24. The molecule has 2 N–H and O–H groups in total. The SMILES string of the molecule is COc1ccccc1NC(=S)Nc1c(C)nn(Cc2ccccc2Cl)c1C. The summed E-state index contributed by atoms with van der Waals surface area (Å²) < 4.78 is 7.27. The van der Waals surface area contributed by atoms with E-state index in [0.29, 0.717) is 11.7 Å². The number of benzene rings is 2. The molecule has 1 aromatic heterocycles. The van der Waals surface area contributed by atoms with Crippen molar-refractivity contribution in [3.8, 4) is 5.75 Å². The molecule has 5 nitrogen and oxygen atoms in total. The van der Waals surface area contributed by atoms with Gasteiger partial charge in [-0.15, -0.1) is 0 Å². The first-order chi connectivity index (χ1) is 13.0. The van der Waals surface area contributed by atoms with Crippen molar-refractivity contribution in [3.05, 3.63) is 70.5 Å². The van der Waals surface area contributed by atoms with Gasteiger partial charge in [0.05, 0.1) is 36.4 Å². The third-order valence-corrected chi connectivity index (χ3v) is 4.83. The van der Waals surface area contributed by atoms with Crippen LogP contribution < -0.4 is 15.4 Å². The average Bonchev–Trinajstić information content (AvgIpc) is 2.91. The predicted octanol–water partition coefficient (Wildman–Crippen LogP) is 5.02. The van der Waals surface area contributed by atoms with Crippen molar-refractivity contribution >= 4 is 40.3 Å². The minimum atomic E-state index is 0.475. The number of rotatable bonds is 5. The summed E-state index contributed by atoms with van der Waals surface area (Å²) in [6, 6.07) is 15.4. The lowest BCUT2D eigenvalue weighted by Gasteiger charge is -2.13. The van der Waals surface area contributed by atoms with Crippen molar-refractivity contribution in [2.24, 2.45) is 0 Å². The number of ether oxygens (including phenoxy) is 1. The van der Waals surface area contributed by atoms with E-state index in [0.717, 1.165) is 39.1 Å². The second-order valence-corrected chi connectivity index (χ2v) is 6.89. The van der Waals surface area contributed by atoms with Crippen molar-refractivity contribution < 1.29 is 4.74 Å². The molecule has 0 spiro atoms. The van der Waals surface area contributed by atoms with Crippen LogP contribution in [0, 0.1) is 13.8 Å². The molecule has 0 fully saturated rings. The van der Waals surface area contributed by atoms with E-state index in [-0.39, 0.29) is 0 Å². The van der Waals surface area contributed by atoms with Crippen molar-refractivity contribution in [3.63, 3.8) is 0 Å². The number of halogens is 1. The molecule has 27 heavy (non-hydrogen) atoms. The Morgan fingerprint density at radius 1 is 1.11 bits per heavy atom. The number of aryl methyl sites for hydroxylation is 1. The van der Waals surface area contributed by atoms with E-state index in [1.54, 1.807) is 7.11 Å². The quantitative estimate of drug-likeness (QED) is 0.589. The van der Waals surface area contributed by atoms with Gasteiger partial charge in [0.1, 0.15) is 5.75 Å². The Kier molecular flexibility index (Phi) is 5.98. The predicted molar refractivity (Wildman–Crippen MR) is 115 cm³/mol. The molecule has 0 saturated heterocycles. The standard InChI is InChI=1S/C20H21ClN4OS/c1-13-19(23-20(27)22-17-10-6-7-11-18(17)26-3)14(2)25(24-13)12-15-8-4-5-9-16(15)21/h4-11H,12H2,1-3H3,(H2,22,23,27). The molecule has 0 radical (unpaired) electrons. The Bertz CT molecular complexity index is 970. The van der Waals surface area contributed by atoms with Gasteiger partial charge in [-0.1, -0.05) is 41.9 Å².